The molecule has 0 atom stereocenters. The molecule has 0 saturated carbocycles. The maximum atomic E-state index is 4.26. The Bertz CT molecular complexity index is 1020. The zero-order chi connectivity index (χ0) is 17.8. The highest BCUT2D eigenvalue weighted by atomic mass is 32.1. The van der Waals surface area contributed by atoms with Gasteiger partial charge in [-0.25, -0.2) is 0 Å². The minimum Gasteiger partial charge on any atom is -0.363 e. The van der Waals surface area contributed by atoms with Gasteiger partial charge < -0.3 is 10.6 Å². The maximum absolute atomic E-state index is 4.26. The van der Waals surface area contributed by atoms with Crippen LogP contribution < -0.4 is 10.6 Å². The summed E-state index contributed by atoms with van der Waals surface area (Å²) in [6, 6.07) is 19.0. The van der Waals surface area contributed by atoms with Gasteiger partial charge in [-0.1, -0.05) is 48.5 Å². The molecule has 0 saturated heterocycles. The lowest BCUT2D eigenvalue weighted by molar-refractivity contribution is 0.819. The Morgan fingerprint density at radius 1 is 1.00 bits per heavy atom. The van der Waals surface area contributed by atoms with Gasteiger partial charge in [0.1, 0.15) is 0 Å². The van der Waals surface area contributed by atoms with Crippen LogP contribution in [0, 0.1) is 0 Å². The predicted octanol–water partition coefficient (Wildman–Crippen LogP) is 4.69. The highest BCUT2D eigenvalue weighted by molar-refractivity contribution is 7.10. The number of nitrogens with zero attached hydrogens (tertiary/aromatic N) is 2. The van der Waals surface area contributed by atoms with Crippen LogP contribution in [0.1, 0.15) is 10.4 Å². The zero-order valence-electron chi connectivity index (χ0n) is 14.6. The summed E-state index contributed by atoms with van der Waals surface area (Å²) in [4.78, 5) is 1.27. The highest BCUT2D eigenvalue weighted by Gasteiger charge is 2.08. The third-order valence-electron chi connectivity index (χ3n) is 4.35. The Hall–Kier alpha value is -2.76. The van der Waals surface area contributed by atoms with Crippen molar-refractivity contribution in [2.45, 2.75) is 13.1 Å². The molecule has 0 aliphatic heterocycles. The second-order valence-corrected chi connectivity index (χ2v) is 7.12. The van der Waals surface area contributed by atoms with Crippen molar-refractivity contribution in [1.29, 1.82) is 0 Å². The molecule has 0 aliphatic carbocycles. The van der Waals surface area contributed by atoms with Crippen molar-refractivity contribution in [3.63, 3.8) is 0 Å². The number of hydrogen-bond donors (Lipinski definition) is 2. The number of thiophene rings is 1. The molecule has 0 bridgehead atoms. The zero-order valence-corrected chi connectivity index (χ0v) is 15.4. The molecular formula is C21H20N4S. The summed E-state index contributed by atoms with van der Waals surface area (Å²) in [5.41, 5.74) is 3.86. The molecule has 0 aliphatic rings. The van der Waals surface area contributed by atoms with Crippen molar-refractivity contribution in [1.82, 2.24) is 15.5 Å². The van der Waals surface area contributed by atoms with Crippen LogP contribution in [0.4, 0.5) is 5.82 Å². The summed E-state index contributed by atoms with van der Waals surface area (Å²) in [5.74, 6) is 0.827. The van der Waals surface area contributed by atoms with Gasteiger partial charge in [0.05, 0.1) is 12.7 Å². The molecule has 0 amide bonds. The number of rotatable bonds is 6. The molecule has 0 radical (unpaired) electrons. The lowest BCUT2D eigenvalue weighted by atomic mass is 10.0. The lowest BCUT2D eigenvalue weighted by Crippen LogP contribution is -2.06. The summed E-state index contributed by atoms with van der Waals surface area (Å²) in [6.45, 7) is 1.60. The van der Waals surface area contributed by atoms with Crippen LogP contribution in [-0.4, -0.2) is 17.2 Å². The topological polar surface area (TPSA) is 49.8 Å². The van der Waals surface area contributed by atoms with E-state index >= 15 is 0 Å². The van der Waals surface area contributed by atoms with E-state index in [-0.39, 0.29) is 0 Å². The average molecular weight is 360 g/mol. The van der Waals surface area contributed by atoms with Gasteiger partial charge in [0.25, 0.3) is 0 Å². The van der Waals surface area contributed by atoms with E-state index < -0.39 is 0 Å². The number of anilines is 1. The van der Waals surface area contributed by atoms with E-state index in [1.807, 2.05) is 19.2 Å². The SMILES string of the molecule is CNCc1ccccc1-c1csc(CNc2nncc3ccccc23)c1. The van der Waals surface area contributed by atoms with Gasteiger partial charge >= 0.3 is 0 Å². The smallest absolute Gasteiger partial charge is 0.156 e. The molecule has 5 heteroatoms. The van der Waals surface area contributed by atoms with Gasteiger partial charge in [-0.2, -0.15) is 5.10 Å². The molecule has 0 fully saturated rings. The summed E-state index contributed by atoms with van der Waals surface area (Å²) >= 11 is 1.76. The van der Waals surface area contributed by atoms with Crippen molar-refractivity contribution >= 4 is 27.9 Å². The van der Waals surface area contributed by atoms with Crippen LogP contribution >= 0.6 is 11.3 Å². The largest absolute Gasteiger partial charge is 0.363 e. The van der Waals surface area contributed by atoms with Crippen LogP contribution in [0.5, 0.6) is 0 Å². The van der Waals surface area contributed by atoms with E-state index in [2.05, 4.69) is 68.7 Å². The Morgan fingerprint density at radius 2 is 1.85 bits per heavy atom. The number of hydrogen-bond acceptors (Lipinski definition) is 5. The minimum atomic E-state index is 0.738. The molecule has 0 spiro atoms. The van der Waals surface area contributed by atoms with Gasteiger partial charge in [-0.05, 0) is 35.2 Å². The van der Waals surface area contributed by atoms with Crippen LogP contribution in [0.2, 0.25) is 0 Å². The molecule has 2 aromatic carbocycles. The van der Waals surface area contributed by atoms with E-state index in [9.17, 15) is 0 Å². The number of benzene rings is 2. The van der Waals surface area contributed by atoms with Crippen LogP contribution in [-0.2, 0) is 13.1 Å². The van der Waals surface area contributed by atoms with Gasteiger partial charge in [-0.15, -0.1) is 16.4 Å². The standard InChI is InChI=1S/C21H20N4S/c1-22-11-15-6-2-4-8-19(15)17-10-18(26-14-17)13-23-21-20-9-5-3-7-16(20)12-24-25-21/h2-10,12,14,22H,11,13H2,1H3,(H,23,25). The van der Waals surface area contributed by atoms with E-state index in [1.165, 1.54) is 21.6 Å². The summed E-state index contributed by atoms with van der Waals surface area (Å²) in [6.07, 6.45) is 1.79. The first-order valence-electron chi connectivity index (χ1n) is 8.60. The third-order valence-corrected chi connectivity index (χ3v) is 5.29. The molecule has 4 aromatic rings. The van der Waals surface area contributed by atoms with Gasteiger partial charge in [0.15, 0.2) is 5.82 Å². The monoisotopic (exact) mass is 360 g/mol. The van der Waals surface area contributed by atoms with Crippen molar-refractivity contribution in [2.24, 2.45) is 0 Å². The quantitative estimate of drug-likeness (QED) is 0.524. The Morgan fingerprint density at radius 3 is 2.77 bits per heavy atom. The number of fused-ring (bicyclic) bond motifs is 1. The van der Waals surface area contributed by atoms with E-state index in [4.69, 9.17) is 0 Å². The molecule has 4 rings (SSSR count). The van der Waals surface area contributed by atoms with Crippen molar-refractivity contribution in [3.8, 4) is 11.1 Å². The van der Waals surface area contributed by atoms with E-state index in [0.29, 0.717) is 0 Å². The molecule has 26 heavy (non-hydrogen) atoms. The third kappa shape index (κ3) is 3.45. The van der Waals surface area contributed by atoms with Crippen LogP contribution in [0.25, 0.3) is 21.9 Å². The first kappa shape index (κ1) is 16.7. The fourth-order valence-electron chi connectivity index (χ4n) is 3.09. The molecule has 130 valence electrons. The summed E-state index contributed by atoms with van der Waals surface area (Å²) in [7, 11) is 1.98. The second kappa shape index (κ2) is 7.64. The van der Waals surface area contributed by atoms with Gasteiger partial charge in [0, 0.05) is 22.2 Å². The Labute approximate surface area is 156 Å². The predicted molar refractivity (Wildman–Crippen MR) is 109 cm³/mol. The minimum absolute atomic E-state index is 0.738. The molecule has 2 N–H and O–H groups in total. The normalized spacial score (nSPS) is 11.0. The summed E-state index contributed by atoms with van der Waals surface area (Å²) < 4.78 is 0. The first-order chi connectivity index (χ1) is 12.8. The lowest BCUT2D eigenvalue weighted by Gasteiger charge is -2.07. The van der Waals surface area contributed by atoms with Gasteiger partial charge in [-0.3, -0.25) is 0 Å². The average Bonchev–Trinajstić information content (AvgIpc) is 3.16. The Balaban J connectivity index is 1.54. The molecule has 2 aromatic heterocycles. The molecule has 4 nitrogen and oxygen atoms in total. The maximum Gasteiger partial charge on any atom is 0.156 e. The van der Waals surface area contributed by atoms with Crippen molar-refractivity contribution in [2.75, 3.05) is 12.4 Å². The number of aromatic nitrogens is 2. The molecule has 0 unspecified atom stereocenters. The highest BCUT2D eigenvalue weighted by Crippen LogP contribution is 2.29. The summed E-state index contributed by atoms with van der Waals surface area (Å²) in [5, 5.41) is 19.4. The molecular weight excluding hydrogens is 340 g/mol. The van der Waals surface area contributed by atoms with Crippen LogP contribution in [0.3, 0.4) is 0 Å². The van der Waals surface area contributed by atoms with Crippen molar-refractivity contribution in [3.05, 3.63) is 76.6 Å². The van der Waals surface area contributed by atoms with Crippen molar-refractivity contribution < 1.29 is 0 Å². The van der Waals surface area contributed by atoms with E-state index in [1.54, 1.807) is 17.5 Å². The van der Waals surface area contributed by atoms with E-state index in [0.717, 1.165) is 29.7 Å². The first-order valence-corrected chi connectivity index (χ1v) is 9.47. The second-order valence-electron chi connectivity index (χ2n) is 6.12. The molecule has 2 heterocycles. The van der Waals surface area contributed by atoms with Crippen LogP contribution in [0.15, 0.2) is 66.2 Å². The number of nitrogens with one attached hydrogen (secondary N) is 2. The van der Waals surface area contributed by atoms with Gasteiger partial charge in [0.2, 0.25) is 0 Å². The fraction of sp³-hybridized carbons (Fsp3) is 0.143. The fourth-order valence-corrected chi connectivity index (χ4v) is 3.91. The Kier molecular flexibility index (Phi) is 4.91.